The highest BCUT2D eigenvalue weighted by Crippen LogP contribution is 2.06. The summed E-state index contributed by atoms with van der Waals surface area (Å²) in [6.45, 7) is 1.57. The number of ether oxygens (including phenoxy) is 1. The van der Waals surface area contributed by atoms with Crippen molar-refractivity contribution in [1.29, 1.82) is 0 Å². The van der Waals surface area contributed by atoms with E-state index < -0.39 is 12.0 Å². The van der Waals surface area contributed by atoms with E-state index in [0.717, 1.165) is 3.57 Å². The maximum Gasteiger partial charge on any atom is 0.328 e. The number of aromatic amines is 1. The van der Waals surface area contributed by atoms with Gasteiger partial charge in [0.2, 0.25) is 0 Å². The van der Waals surface area contributed by atoms with Crippen LogP contribution < -0.4 is 5.32 Å². The van der Waals surface area contributed by atoms with E-state index in [9.17, 15) is 9.59 Å². The summed E-state index contributed by atoms with van der Waals surface area (Å²) in [4.78, 5) is 25.4. The molecule has 1 heterocycles. The monoisotopic (exact) mass is 322 g/mol. The number of rotatable bonds is 3. The molecule has 0 aliphatic heterocycles. The van der Waals surface area contributed by atoms with Crippen molar-refractivity contribution in [2.45, 2.75) is 13.0 Å². The van der Waals surface area contributed by atoms with E-state index in [1.807, 2.05) is 0 Å². The van der Waals surface area contributed by atoms with Crippen LogP contribution in [-0.4, -0.2) is 30.0 Å². The zero-order chi connectivity index (χ0) is 11.4. The summed E-state index contributed by atoms with van der Waals surface area (Å²) in [6.07, 6.45) is 1.71. The second-order valence-electron chi connectivity index (χ2n) is 2.95. The number of amides is 1. The Hall–Kier alpha value is -1.05. The maximum atomic E-state index is 11.5. The Balaban J connectivity index is 2.60. The molecule has 0 bridgehead atoms. The Bertz CT molecular complexity index is 375. The van der Waals surface area contributed by atoms with Crippen molar-refractivity contribution in [3.8, 4) is 0 Å². The Morgan fingerprint density at radius 1 is 1.60 bits per heavy atom. The largest absolute Gasteiger partial charge is 0.467 e. The Morgan fingerprint density at radius 2 is 2.27 bits per heavy atom. The van der Waals surface area contributed by atoms with Crippen molar-refractivity contribution in [3.05, 3.63) is 21.5 Å². The summed E-state index contributed by atoms with van der Waals surface area (Å²) >= 11 is 2.09. The number of methoxy groups -OCH3 is 1. The predicted molar refractivity (Wildman–Crippen MR) is 62.5 cm³/mol. The Kier molecular flexibility index (Phi) is 4.13. The molecule has 0 fully saturated rings. The second-order valence-corrected chi connectivity index (χ2v) is 4.20. The molecule has 5 nitrogen and oxygen atoms in total. The number of carbonyl (C=O) groups is 2. The van der Waals surface area contributed by atoms with E-state index in [1.54, 1.807) is 19.2 Å². The average molecular weight is 322 g/mol. The van der Waals surface area contributed by atoms with Crippen molar-refractivity contribution in [2.24, 2.45) is 0 Å². The van der Waals surface area contributed by atoms with E-state index >= 15 is 0 Å². The highest BCUT2D eigenvalue weighted by Gasteiger charge is 2.17. The lowest BCUT2D eigenvalue weighted by molar-refractivity contribution is -0.142. The van der Waals surface area contributed by atoms with Crippen LogP contribution in [0.4, 0.5) is 0 Å². The lowest BCUT2D eigenvalue weighted by Crippen LogP contribution is -2.39. The third kappa shape index (κ3) is 3.22. The first-order valence-electron chi connectivity index (χ1n) is 4.27. The molecule has 2 N–H and O–H groups in total. The third-order valence-corrected chi connectivity index (χ3v) is 2.42. The first-order chi connectivity index (χ1) is 7.04. The van der Waals surface area contributed by atoms with Crippen molar-refractivity contribution < 1.29 is 14.3 Å². The van der Waals surface area contributed by atoms with Crippen LogP contribution in [-0.2, 0) is 9.53 Å². The van der Waals surface area contributed by atoms with Crippen LogP contribution in [0.3, 0.4) is 0 Å². The molecule has 1 amide bonds. The predicted octanol–water partition coefficient (Wildman–Crippen LogP) is 0.911. The first-order valence-corrected chi connectivity index (χ1v) is 5.35. The molecule has 0 spiro atoms. The second kappa shape index (κ2) is 5.15. The molecule has 0 aromatic carbocycles. The normalized spacial score (nSPS) is 11.9. The molecule has 15 heavy (non-hydrogen) atoms. The standard InChI is InChI=1S/C9H11IN2O3/c1-5(9(14)15-2)12-8(13)7-3-6(10)4-11-7/h3-5,11H,1-2H3,(H,12,13)/t5-/m0/s1. The van der Waals surface area contributed by atoms with E-state index in [4.69, 9.17) is 0 Å². The minimum Gasteiger partial charge on any atom is -0.467 e. The SMILES string of the molecule is COC(=O)[C@H](C)NC(=O)c1cc(I)c[nH]1. The smallest absolute Gasteiger partial charge is 0.328 e. The van der Waals surface area contributed by atoms with Gasteiger partial charge in [0, 0.05) is 9.77 Å². The molecule has 0 saturated carbocycles. The van der Waals surface area contributed by atoms with Crippen LogP contribution in [0, 0.1) is 3.57 Å². The molecule has 82 valence electrons. The Labute approximate surface area is 101 Å². The summed E-state index contributed by atoms with van der Waals surface area (Å²) < 4.78 is 5.42. The van der Waals surface area contributed by atoms with Gasteiger partial charge in [0.05, 0.1) is 7.11 Å². The lowest BCUT2D eigenvalue weighted by atomic mass is 10.3. The molecule has 6 heteroatoms. The van der Waals surface area contributed by atoms with Crippen molar-refractivity contribution in [2.75, 3.05) is 7.11 Å². The fourth-order valence-electron chi connectivity index (χ4n) is 1.01. The van der Waals surface area contributed by atoms with Gasteiger partial charge in [0.25, 0.3) is 5.91 Å². The summed E-state index contributed by atoms with van der Waals surface area (Å²) in [5, 5.41) is 2.51. The molecule has 1 aromatic heterocycles. The minimum atomic E-state index is -0.650. The van der Waals surface area contributed by atoms with Gasteiger partial charge in [-0.05, 0) is 35.6 Å². The van der Waals surface area contributed by atoms with Crippen LogP contribution in [0.25, 0.3) is 0 Å². The van der Waals surface area contributed by atoms with Gasteiger partial charge >= 0.3 is 5.97 Å². The van der Waals surface area contributed by atoms with Crippen molar-refractivity contribution in [1.82, 2.24) is 10.3 Å². The number of aromatic nitrogens is 1. The molecule has 0 unspecified atom stereocenters. The maximum absolute atomic E-state index is 11.5. The lowest BCUT2D eigenvalue weighted by Gasteiger charge is -2.10. The molecular weight excluding hydrogens is 311 g/mol. The van der Waals surface area contributed by atoms with Gasteiger partial charge in [0.15, 0.2) is 0 Å². The van der Waals surface area contributed by atoms with Gasteiger partial charge in [-0.2, -0.15) is 0 Å². The van der Waals surface area contributed by atoms with E-state index in [1.165, 1.54) is 7.11 Å². The van der Waals surface area contributed by atoms with Gasteiger partial charge in [-0.1, -0.05) is 0 Å². The minimum absolute atomic E-state index is 0.323. The molecule has 0 aliphatic carbocycles. The highest BCUT2D eigenvalue weighted by molar-refractivity contribution is 14.1. The van der Waals surface area contributed by atoms with Gasteiger partial charge in [-0.15, -0.1) is 0 Å². The van der Waals surface area contributed by atoms with Gasteiger partial charge < -0.3 is 15.0 Å². The number of H-pyrrole nitrogens is 1. The van der Waals surface area contributed by atoms with Crippen LogP contribution in [0.1, 0.15) is 17.4 Å². The number of carbonyl (C=O) groups excluding carboxylic acids is 2. The summed E-state index contributed by atoms with van der Waals surface area (Å²) in [5.41, 5.74) is 0.426. The molecule has 1 atom stereocenters. The van der Waals surface area contributed by atoms with E-state index in [0.29, 0.717) is 5.69 Å². The highest BCUT2D eigenvalue weighted by atomic mass is 127. The molecule has 1 aromatic rings. The zero-order valence-electron chi connectivity index (χ0n) is 8.33. The van der Waals surface area contributed by atoms with Gasteiger partial charge in [-0.3, -0.25) is 4.79 Å². The number of hydrogen-bond acceptors (Lipinski definition) is 3. The van der Waals surface area contributed by atoms with E-state index in [2.05, 4.69) is 37.6 Å². The van der Waals surface area contributed by atoms with Crippen molar-refractivity contribution >= 4 is 34.5 Å². The quantitative estimate of drug-likeness (QED) is 0.642. The molecule has 0 aliphatic rings. The third-order valence-electron chi connectivity index (χ3n) is 1.79. The van der Waals surface area contributed by atoms with Crippen LogP contribution in [0.2, 0.25) is 0 Å². The Morgan fingerprint density at radius 3 is 2.73 bits per heavy atom. The van der Waals surface area contributed by atoms with Crippen molar-refractivity contribution in [3.63, 3.8) is 0 Å². The summed E-state index contributed by atoms with van der Waals surface area (Å²) in [5.74, 6) is -0.791. The fraction of sp³-hybridized carbons (Fsp3) is 0.333. The number of nitrogens with one attached hydrogen (secondary N) is 2. The number of hydrogen-bond donors (Lipinski definition) is 2. The molecular formula is C9H11IN2O3. The fourth-order valence-corrected chi connectivity index (χ4v) is 1.48. The summed E-state index contributed by atoms with van der Waals surface area (Å²) in [7, 11) is 1.28. The molecule has 1 rings (SSSR count). The first kappa shape index (κ1) is 12.0. The number of esters is 1. The molecule has 0 saturated heterocycles. The summed E-state index contributed by atoms with van der Waals surface area (Å²) in [6, 6.07) is 1.04. The van der Waals surface area contributed by atoms with Crippen LogP contribution in [0.15, 0.2) is 12.3 Å². The van der Waals surface area contributed by atoms with Gasteiger partial charge in [0.1, 0.15) is 11.7 Å². The number of halogens is 1. The van der Waals surface area contributed by atoms with Crippen LogP contribution in [0.5, 0.6) is 0 Å². The molecule has 0 radical (unpaired) electrons. The van der Waals surface area contributed by atoms with Crippen LogP contribution >= 0.6 is 22.6 Å². The van der Waals surface area contributed by atoms with E-state index in [-0.39, 0.29) is 5.91 Å². The van der Waals surface area contributed by atoms with Gasteiger partial charge in [-0.25, -0.2) is 4.79 Å². The zero-order valence-corrected chi connectivity index (χ0v) is 10.5. The topological polar surface area (TPSA) is 71.2 Å². The average Bonchev–Trinajstić information content (AvgIpc) is 2.63.